The van der Waals surface area contributed by atoms with Crippen molar-refractivity contribution in [2.45, 2.75) is 25.8 Å². The first-order chi connectivity index (χ1) is 8.50. The van der Waals surface area contributed by atoms with E-state index in [1.54, 1.807) is 0 Å². The van der Waals surface area contributed by atoms with E-state index in [1.807, 2.05) is 11.8 Å². The van der Waals surface area contributed by atoms with Gasteiger partial charge in [0.15, 0.2) is 0 Å². The Kier molecular flexibility index (Phi) is 4.44. The van der Waals surface area contributed by atoms with E-state index in [9.17, 15) is 0 Å². The zero-order chi connectivity index (χ0) is 13.2. The van der Waals surface area contributed by atoms with Crippen molar-refractivity contribution in [2.24, 2.45) is 11.3 Å². The van der Waals surface area contributed by atoms with Gasteiger partial charge in [0.1, 0.15) is 0 Å². The van der Waals surface area contributed by atoms with Crippen LogP contribution in [0.15, 0.2) is 35.4 Å². The number of fused-ring (bicyclic) bond motifs is 1. The lowest BCUT2D eigenvalue weighted by atomic mass is 9.83. The number of benzene rings is 1. The third-order valence-electron chi connectivity index (χ3n) is 3.36. The molecule has 0 saturated carbocycles. The molecule has 0 aliphatic rings. The SMILES string of the molecule is CC(C)(C)C(CBr)CSc1cc2ccccc2[nH]1. The topological polar surface area (TPSA) is 15.8 Å². The van der Waals surface area contributed by atoms with Gasteiger partial charge in [-0.3, -0.25) is 0 Å². The smallest absolute Gasteiger partial charge is 0.0732 e. The first-order valence-corrected chi connectivity index (χ1v) is 8.38. The maximum absolute atomic E-state index is 3.64. The van der Waals surface area contributed by atoms with Crippen molar-refractivity contribution < 1.29 is 0 Å². The van der Waals surface area contributed by atoms with Crippen LogP contribution in [0.4, 0.5) is 0 Å². The van der Waals surface area contributed by atoms with Gasteiger partial charge in [-0.25, -0.2) is 0 Å². The second-order valence-corrected chi connectivity index (χ2v) is 7.46. The van der Waals surface area contributed by atoms with Crippen molar-refractivity contribution in [1.82, 2.24) is 4.98 Å². The van der Waals surface area contributed by atoms with Gasteiger partial charge in [-0.1, -0.05) is 54.9 Å². The van der Waals surface area contributed by atoms with Crippen LogP contribution in [0, 0.1) is 11.3 Å². The average molecular weight is 326 g/mol. The summed E-state index contributed by atoms with van der Waals surface area (Å²) in [5.41, 5.74) is 1.58. The number of halogens is 1. The number of rotatable bonds is 4. The molecule has 0 aliphatic heterocycles. The van der Waals surface area contributed by atoms with Crippen LogP contribution < -0.4 is 0 Å². The number of nitrogens with one attached hydrogen (secondary N) is 1. The van der Waals surface area contributed by atoms with Crippen LogP contribution in [-0.4, -0.2) is 16.1 Å². The molecule has 1 unspecified atom stereocenters. The number of para-hydroxylation sites is 1. The summed E-state index contributed by atoms with van der Waals surface area (Å²) in [6.45, 7) is 6.93. The highest BCUT2D eigenvalue weighted by atomic mass is 79.9. The average Bonchev–Trinajstić information content (AvgIpc) is 2.70. The first-order valence-electron chi connectivity index (χ1n) is 6.27. The Balaban J connectivity index is 2.05. The van der Waals surface area contributed by atoms with Crippen molar-refractivity contribution >= 4 is 38.6 Å². The Labute approximate surface area is 122 Å². The summed E-state index contributed by atoms with van der Waals surface area (Å²) in [5.74, 6) is 1.82. The van der Waals surface area contributed by atoms with E-state index in [4.69, 9.17) is 0 Å². The minimum atomic E-state index is 0.350. The van der Waals surface area contributed by atoms with E-state index >= 15 is 0 Å². The number of alkyl halides is 1. The normalized spacial score (nSPS) is 14.0. The van der Waals surface area contributed by atoms with Gasteiger partial charge in [0.2, 0.25) is 0 Å². The maximum atomic E-state index is 3.64. The molecule has 98 valence electrons. The van der Waals surface area contributed by atoms with E-state index in [-0.39, 0.29) is 0 Å². The number of H-pyrrole nitrogens is 1. The van der Waals surface area contributed by atoms with Gasteiger partial charge >= 0.3 is 0 Å². The van der Waals surface area contributed by atoms with Crippen molar-refractivity contribution in [3.8, 4) is 0 Å². The van der Waals surface area contributed by atoms with Gasteiger partial charge < -0.3 is 4.98 Å². The van der Waals surface area contributed by atoms with Gasteiger partial charge in [0.05, 0.1) is 5.03 Å². The zero-order valence-corrected chi connectivity index (χ0v) is 13.6. The summed E-state index contributed by atoms with van der Waals surface area (Å²) in [4.78, 5) is 3.47. The Morgan fingerprint density at radius 1 is 1.28 bits per heavy atom. The van der Waals surface area contributed by atoms with Gasteiger partial charge in [-0.05, 0) is 23.5 Å². The molecule has 2 aromatic rings. The fourth-order valence-electron chi connectivity index (χ4n) is 1.84. The predicted octanol–water partition coefficient (Wildman–Crippen LogP) is 5.32. The van der Waals surface area contributed by atoms with Crippen LogP contribution in [-0.2, 0) is 0 Å². The number of hydrogen-bond acceptors (Lipinski definition) is 1. The Bertz CT molecular complexity index is 479. The van der Waals surface area contributed by atoms with E-state index in [1.165, 1.54) is 15.9 Å². The number of aromatic nitrogens is 1. The van der Waals surface area contributed by atoms with Gasteiger partial charge in [0.25, 0.3) is 0 Å². The van der Waals surface area contributed by atoms with E-state index < -0.39 is 0 Å². The summed E-state index contributed by atoms with van der Waals surface area (Å²) in [6.07, 6.45) is 0. The molecule has 1 N–H and O–H groups in total. The van der Waals surface area contributed by atoms with Crippen molar-refractivity contribution in [3.05, 3.63) is 30.3 Å². The van der Waals surface area contributed by atoms with Crippen LogP contribution >= 0.6 is 27.7 Å². The largest absolute Gasteiger partial charge is 0.350 e. The van der Waals surface area contributed by atoms with Crippen molar-refractivity contribution in [2.75, 3.05) is 11.1 Å². The fraction of sp³-hybridized carbons (Fsp3) is 0.467. The molecule has 2 rings (SSSR count). The highest BCUT2D eigenvalue weighted by Crippen LogP contribution is 2.33. The van der Waals surface area contributed by atoms with E-state index in [2.05, 4.69) is 72.0 Å². The maximum Gasteiger partial charge on any atom is 0.0732 e. The van der Waals surface area contributed by atoms with Crippen LogP contribution in [0.3, 0.4) is 0 Å². The van der Waals surface area contributed by atoms with Gasteiger partial charge in [-0.15, -0.1) is 11.8 Å². The minimum absolute atomic E-state index is 0.350. The predicted molar refractivity (Wildman–Crippen MR) is 85.8 cm³/mol. The molecular weight excluding hydrogens is 306 g/mol. The second-order valence-electron chi connectivity index (χ2n) is 5.75. The summed E-state index contributed by atoms with van der Waals surface area (Å²) in [5, 5.41) is 3.63. The fourth-order valence-corrected chi connectivity index (χ4v) is 4.74. The molecule has 18 heavy (non-hydrogen) atoms. The third-order valence-corrected chi connectivity index (χ3v) is 5.24. The van der Waals surface area contributed by atoms with Crippen LogP contribution in [0.25, 0.3) is 10.9 Å². The molecule has 3 heteroatoms. The lowest BCUT2D eigenvalue weighted by Gasteiger charge is -2.28. The van der Waals surface area contributed by atoms with Gasteiger partial charge in [-0.2, -0.15) is 0 Å². The lowest BCUT2D eigenvalue weighted by Crippen LogP contribution is -2.23. The highest BCUT2D eigenvalue weighted by molar-refractivity contribution is 9.09. The molecule has 0 aliphatic carbocycles. The van der Waals surface area contributed by atoms with Crippen LogP contribution in [0.2, 0.25) is 0 Å². The third kappa shape index (κ3) is 3.33. The summed E-state index contributed by atoms with van der Waals surface area (Å²) in [6, 6.07) is 10.7. The molecule has 0 amide bonds. The van der Waals surface area contributed by atoms with Crippen molar-refractivity contribution in [3.63, 3.8) is 0 Å². The monoisotopic (exact) mass is 325 g/mol. The highest BCUT2D eigenvalue weighted by Gasteiger charge is 2.23. The van der Waals surface area contributed by atoms with Gasteiger partial charge in [0, 0.05) is 22.0 Å². The molecular formula is C15H20BrNS. The van der Waals surface area contributed by atoms with Crippen LogP contribution in [0.1, 0.15) is 20.8 Å². The molecule has 1 atom stereocenters. The van der Waals surface area contributed by atoms with Crippen molar-refractivity contribution in [1.29, 1.82) is 0 Å². The molecule has 0 saturated heterocycles. The quantitative estimate of drug-likeness (QED) is 0.594. The van der Waals surface area contributed by atoms with Crippen LogP contribution in [0.5, 0.6) is 0 Å². The molecule has 0 radical (unpaired) electrons. The Hall–Kier alpha value is -0.410. The molecule has 0 bridgehead atoms. The first kappa shape index (κ1) is 14.0. The van der Waals surface area contributed by atoms with E-state index in [0.717, 1.165) is 11.1 Å². The number of aromatic amines is 1. The second kappa shape index (κ2) is 5.70. The summed E-state index contributed by atoms with van der Waals surface area (Å²) in [7, 11) is 0. The number of thioether (sulfide) groups is 1. The molecule has 0 fully saturated rings. The Morgan fingerprint density at radius 3 is 2.61 bits per heavy atom. The molecule has 1 heterocycles. The Morgan fingerprint density at radius 2 is 2.00 bits per heavy atom. The molecule has 1 nitrogen and oxygen atoms in total. The standard InChI is InChI=1S/C15H20BrNS/c1-15(2,3)12(9-16)10-18-14-8-11-6-4-5-7-13(11)17-14/h4-8,12,17H,9-10H2,1-3H3. The minimum Gasteiger partial charge on any atom is -0.350 e. The van der Waals surface area contributed by atoms with E-state index in [0.29, 0.717) is 11.3 Å². The summed E-state index contributed by atoms with van der Waals surface area (Å²) < 4.78 is 0. The zero-order valence-electron chi connectivity index (χ0n) is 11.2. The molecule has 0 spiro atoms. The lowest BCUT2D eigenvalue weighted by molar-refractivity contribution is 0.295. The number of hydrogen-bond donors (Lipinski definition) is 1. The summed E-state index contributed by atoms with van der Waals surface area (Å²) >= 11 is 5.56. The molecule has 1 aromatic carbocycles. The molecule has 1 aromatic heterocycles.